The first-order chi connectivity index (χ1) is 7.15. The first kappa shape index (κ1) is 9.45. The van der Waals surface area contributed by atoms with Gasteiger partial charge in [-0.2, -0.15) is 5.10 Å². The van der Waals surface area contributed by atoms with Crippen molar-refractivity contribution in [1.29, 1.82) is 0 Å². The Labute approximate surface area is 84.1 Å². The molecule has 0 aliphatic carbocycles. The summed E-state index contributed by atoms with van der Waals surface area (Å²) in [5.74, 6) is 0.0236. The molecule has 2 heterocycles. The van der Waals surface area contributed by atoms with Gasteiger partial charge in [0.15, 0.2) is 5.75 Å². The summed E-state index contributed by atoms with van der Waals surface area (Å²) < 4.78 is 6.07. The highest BCUT2D eigenvalue weighted by Gasteiger charge is 2.11. The van der Waals surface area contributed by atoms with Crippen molar-refractivity contribution in [3.05, 3.63) is 33.1 Å². The van der Waals surface area contributed by atoms with Gasteiger partial charge in [0.2, 0.25) is 0 Å². The van der Waals surface area contributed by atoms with Crippen LogP contribution >= 0.6 is 0 Å². The van der Waals surface area contributed by atoms with E-state index in [1.165, 1.54) is 26.6 Å². The van der Waals surface area contributed by atoms with E-state index in [9.17, 15) is 9.59 Å². The van der Waals surface area contributed by atoms with E-state index in [1.807, 2.05) is 0 Å². The molecular formula is C9H9N3O3. The van der Waals surface area contributed by atoms with E-state index in [2.05, 4.69) is 10.1 Å². The van der Waals surface area contributed by atoms with Gasteiger partial charge < -0.3 is 9.72 Å². The molecule has 1 N–H and O–H groups in total. The predicted octanol–water partition coefficient (Wildman–Crippen LogP) is -0.370. The highest BCUT2D eigenvalue weighted by atomic mass is 16.5. The minimum atomic E-state index is -0.423. The molecule has 0 bridgehead atoms. The lowest BCUT2D eigenvalue weighted by Gasteiger charge is -2.03. The van der Waals surface area contributed by atoms with Crippen molar-refractivity contribution >= 4 is 10.8 Å². The summed E-state index contributed by atoms with van der Waals surface area (Å²) in [5, 5.41) is 4.64. The molecule has 0 aliphatic heterocycles. The van der Waals surface area contributed by atoms with Crippen LogP contribution in [0.15, 0.2) is 22.0 Å². The second-order valence-electron chi connectivity index (χ2n) is 3.05. The van der Waals surface area contributed by atoms with Gasteiger partial charge in [-0.15, -0.1) is 0 Å². The van der Waals surface area contributed by atoms with Crippen LogP contribution in [-0.4, -0.2) is 21.9 Å². The quantitative estimate of drug-likeness (QED) is 0.692. The Balaban J connectivity index is 3.08. The average Bonchev–Trinajstić information content (AvgIpc) is 2.24. The maximum atomic E-state index is 11.7. The topological polar surface area (TPSA) is 77.0 Å². The zero-order valence-electron chi connectivity index (χ0n) is 8.27. The highest BCUT2D eigenvalue weighted by molar-refractivity contribution is 5.85. The van der Waals surface area contributed by atoms with Crippen molar-refractivity contribution in [3.63, 3.8) is 0 Å². The summed E-state index contributed by atoms with van der Waals surface area (Å²) in [5.41, 5.74) is -0.774. The third-order valence-electron chi connectivity index (χ3n) is 2.16. The Morgan fingerprint density at radius 3 is 2.87 bits per heavy atom. The van der Waals surface area contributed by atoms with Gasteiger partial charge in [0.05, 0.1) is 18.7 Å². The molecule has 6 heteroatoms. The number of rotatable bonds is 1. The molecule has 0 atom stereocenters. The number of methoxy groups -OCH3 is 1. The molecule has 2 rings (SSSR count). The number of pyridine rings is 1. The molecule has 0 aromatic carbocycles. The van der Waals surface area contributed by atoms with E-state index in [1.54, 1.807) is 0 Å². The van der Waals surface area contributed by atoms with Crippen molar-refractivity contribution < 1.29 is 4.74 Å². The highest BCUT2D eigenvalue weighted by Crippen LogP contribution is 2.14. The molecule has 0 radical (unpaired) electrons. The van der Waals surface area contributed by atoms with Crippen LogP contribution in [0, 0.1) is 0 Å². The first-order valence-corrected chi connectivity index (χ1v) is 4.27. The molecule has 15 heavy (non-hydrogen) atoms. The van der Waals surface area contributed by atoms with Gasteiger partial charge in [-0.1, -0.05) is 0 Å². The van der Waals surface area contributed by atoms with Gasteiger partial charge in [-0.05, 0) is 0 Å². The van der Waals surface area contributed by atoms with Crippen molar-refractivity contribution in [2.45, 2.75) is 0 Å². The van der Waals surface area contributed by atoms with Crippen LogP contribution in [0.4, 0.5) is 0 Å². The lowest BCUT2D eigenvalue weighted by Crippen LogP contribution is -2.22. The molecule has 2 aromatic rings. The summed E-state index contributed by atoms with van der Waals surface area (Å²) in [6.07, 6.45) is 2.93. The summed E-state index contributed by atoms with van der Waals surface area (Å²) in [6, 6.07) is 0. The maximum Gasteiger partial charge on any atom is 0.291 e. The maximum absolute atomic E-state index is 11.7. The number of nitrogens with one attached hydrogen (secondary N) is 1. The first-order valence-electron chi connectivity index (χ1n) is 4.27. The van der Waals surface area contributed by atoms with Gasteiger partial charge in [-0.3, -0.25) is 9.59 Å². The number of ether oxygens (including phenoxy) is 1. The Morgan fingerprint density at radius 2 is 2.20 bits per heavy atom. The Hall–Kier alpha value is -2.11. The van der Waals surface area contributed by atoms with E-state index in [-0.39, 0.29) is 16.7 Å². The molecular weight excluding hydrogens is 198 g/mol. The second-order valence-corrected chi connectivity index (χ2v) is 3.05. The third-order valence-corrected chi connectivity index (χ3v) is 2.16. The molecule has 0 unspecified atom stereocenters. The van der Waals surface area contributed by atoms with Gasteiger partial charge in [-0.25, -0.2) is 4.68 Å². The normalized spacial score (nSPS) is 10.5. The Morgan fingerprint density at radius 1 is 1.47 bits per heavy atom. The average molecular weight is 207 g/mol. The van der Waals surface area contributed by atoms with Crippen molar-refractivity contribution in [3.8, 4) is 5.75 Å². The fourth-order valence-corrected chi connectivity index (χ4v) is 1.41. The van der Waals surface area contributed by atoms with Crippen molar-refractivity contribution in [2.24, 2.45) is 7.05 Å². The van der Waals surface area contributed by atoms with Gasteiger partial charge in [0, 0.05) is 18.6 Å². The van der Waals surface area contributed by atoms with Crippen LogP contribution in [0.3, 0.4) is 0 Å². The summed E-state index contributed by atoms with van der Waals surface area (Å²) in [4.78, 5) is 25.6. The van der Waals surface area contributed by atoms with E-state index in [4.69, 9.17) is 4.74 Å². The number of fused-ring (bicyclic) bond motifs is 1. The zero-order valence-corrected chi connectivity index (χ0v) is 8.27. The monoisotopic (exact) mass is 207 g/mol. The number of nitrogens with zero attached hydrogens (tertiary/aromatic N) is 2. The second kappa shape index (κ2) is 3.23. The molecule has 78 valence electrons. The smallest absolute Gasteiger partial charge is 0.291 e. The van der Waals surface area contributed by atoms with Crippen LogP contribution < -0.4 is 15.9 Å². The minimum absolute atomic E-state index is 0.0236. The number of aromatic amines is 1. The molecule has 0 aliphatic rings. The van der Waals surface area contributed by atoms with E-state index < -0.39 is 5.56 Å². The lowest BCUT2D eigenvalue weighted by molar-refractivity contribution is 0.413. The number of hydrogen-bond donors (Lipinski definition) is 1. The van der Waals surface area contributed by atoms with Gasteiger partial charge >= 0.3 is 0 Å². The largest absolute Gasteiger partial charge is 0.490 e. The van der Waals surface area contributed by atoms with Crippen LogP contribution in [0.5, 0.6) is 5.75 Å². The number of aromatic nitrogens is 3. The van der Waals surface area contributed by atoms with Crippen molar-refractivity contribution in [1.82, 2.24) is 14.8 Å². The Kier molecular flexibility index (Phi) is 2.03. The zero-order chi connectivity index (χ0) is 11.0. The Bertz CT molecular complexity index is 627. The van der Waals surface area contributed by atoms with Gasteiger partial charge in [0.1, 0.15) is 0 Å². The van der Waals surface area contributed by atoms with E-state index in [0.29, 0.717) is 5.39 Å². The van der Waals surface area contributed by atoms with E-state index >= 15 is 0 Å². The summed E-state index contributed by atoms with van der Waals surface area (Å²) >= 11 is 0. The van der Waals surface area contributed by atoms with E-state index in [0.717, 1.165) is 4.68 Å². The molecule has 0 spiro atoms. The number of hydrogen-bond acceptors (Lipinski definition) is 4. The van der Waals surface area contributed by atoms with Crippen LogP contribution in [0.25, 0.3) is 10.8 Å². The van der Waals surface area contributed by atoms with Crippen LogP contribution in [-0.2, 0) is 7.05 Å². The van der Waals surface area contributed by atoms with Gasteiger partial charge in [0.25, 0.3) is 11.1 Å². The molecule has 0 amide bonds. The molecule has 0 saturated carbocycles. The van der Waals surface area contributed by atoms with Crippen molar-refractivity contribution in [2.75, 3.05) is 7.11 Å². The van der Waals surface area contributed by atoms with Crippen LogP contribution in [0.2, 0.25) is 0 Å². The molecule has 2 aromatic heterocycles. The lowest BCUT2D eigenvalue weighted by atomic mass is 10.2. The predicted molar refractivity (Wildman–Crippen MR) is 54.2 cm³/mol. The fraction of sp³-hybridized carbons (Fsp3) is 0.222. The summed E-state index contributed by atoms with van der Waals surface area (Å²) in [6.45, 7) is 0. The standard InChI is InChI=1S/C9H9N3O3/c1-12-9(14)6-5(4-11-12)3-10-8(13)7(6)15-2/h3-4H,1-2H3,(H,10,13). The molecule has 0 saturated heterocycles. The fourth-order valence-electron chi connectivity index (χ4n) is 1.41. The van der Waals surface area contributed by atoms with Crippen LogP contribution in [0.1, 0.15) is 0 Å². The number of H-pyrrole nitrogens is 1. The SMILES string of the molecule is COc1c(=O)[nH]cc2cnn(C)c(=O)c12. The minimum Gasteiger partial charge on any atom is -0.490 e. The number of aryl methyl sites for hydroxylation is 1. The molecule has 6 nitrogen and oxygen atoms in total. The third kappa shape index (κ3) is 1.30. The summed E-state index contributed by atoms with van der Waals surface area (Å²) in [7, 11) is 2.87. The molecule has 0 fully saturated rings.